The summed E-state index contributed by atoms with van der Waals surface area (Å²) < 4.78 is 0.576. The average molecular weight is 399 g/mol. The van der Waals surface area contributed by atoms with Crippen LogP contribution in [0.1, 0.15) is 15.9 Å². The van der Waals surface area contributed by atoms with Gasteiger partial charge in [-0.2, -0.15) is 0 Å². The fraction of sp³-hybridized carbons (Fsp3) is 0. The van der Waals surface area contributed by atoms with Crippen LogP contribution in [-0.2, 0) is 0 Å². The highest BCUT2D eigenvalue weighted by molar-refractivity contribution is 9.10. The lowest BCUT2D eigenvalue weighted by Crippen LogP contribution is -2.04. The lowest BCUT2D eigenvalue weighted by atomic mass is 10.0. The van der Waals surface area contributed by atoms with Crippen LogP contribution in [0, 0.1) is 0 Å². The summed E-state index contributed by atoms with van der Waals surface area (Å²) >= 11 is 27.0. The summed E-state index contributed by atoms with van der Waals surface area (Å²) in [7, 11) is 0. The molecule has 0 radical (unpaired) electrons. The van der Waals surface area contributed by atoms with E-state index in [0.29, 0.717) is 20.1 Å². The summed E-state index contributed by atoms with van der Waals surface area (Å²) in [5.41, 5.74) is 0.645. The minimum Gasteiger partial charge on any atom is -0.288 e. The van der Waals surface area contributed by atoms with Gasteiger partial charge in [-0.25, -0.2) is 0 Å². The summed E-state index contributed by atoms with van der Waals surface area (Å²) in [6, 6.07) is 7.82. The fourth-order valence-corrected chi connectivity index (χ4v) is 3.42. The van der Waals surface area contributed by atoms with Gasteiger partial charge in [-0.15, -0.1) is 0 Å². The summed E-state index contributed by atoms with van der Waals surface area (Å²) in [6.45, 7) is 0. The molecule has 0 atom stereocenters. The topological polar surface area (TPSA) is 17.1 Å². The van der Waals surface area contributed by atoms with Gasteiger partial charge in [0.1, 0.15) is 0 Å². The molecule has 0 saturated carbocycles. The molecular weight excluding hydrogens is 394 g/mol. The molecule has 2 aromatic carbocycles. The molecule has 0 N–H and O–H groups in total. The van der Waals surface area contributed by atoms with Crippen molar-refractivity contribution in [3.8, 4) is 0 Å². The Kier molecular flexibility index (Phi) is 4.80. The Morgan fingerprint density at radius 2 is 1.47 bits per heavy atom. The van der Waals surface area contributed by atoms with E-state index in [1.165, 1.54) is 12.1 Å². The minimum atomic E-state index is -0.296. The van der Waals surface area contributed by atoms with Crippen molar-refractivity contribution in [2.45, 2.75) is 0 Å². The third-order valence-electron chi connectivity index (χ3n) is 2.41. The second kappa shape index (κ2) is 6.02. The van der Waals surface area contributed by atoms with E-state index in [1.54, 1.807) is 18.2 Å². The number of hydrogen-bond acceptors (Lipinski definition) is 1. The van der Waals surface area contributed by atoms with Crippen molar-refractivity contribution in [2.24, 2.45) is 0 Å². The normalized spacial score (nSPS) is 10.6. The molecule has 0 fully saturated rings. The molecule has 0 aliphatic heterocycles. The van der Waals surface area contributed by atoms with E-state index in [0.717, 1.165) is 0 Å². The maximum absolute atomic E-state index is 12.4. The van der Waals surface area contributed by atoms with E-state index in [1.807, 2.05) is 0 Å². The quantitative estimate of drug-likeness (QED) is 0.543. The highest BCUT2D eigenvalue weighted by atomic mass is 79.9. The zero-order valence-electron chi connectivity index (χ0n) is 9.18. The van der Waals surface area contributed by atoms with Crippen LogP contribution in [0.4, 0.5) is 0 Å². The molecule has 0 unspecified atom stereocenters. The minimum absolute atomic E-state index is 0.212. The maximum atomic E-state index is 12.4. The van der Waals surface area contributed by atoms with Crippen molar-refractivity contribution in [3.63, 3.8) is 0 Å². The lowest BCUT2D eigenvalue weighted by Gasteiger charge is -2.08. The van der Waals surface area contributed by atoms with Gasteiger partial charge < -0.3 is 0 Å². The summed E-state index contributed by atoms with van der Waals surface area (Å²) in [6.07, 6.45) is 0. The smallest absolute Gasteiger partial charge is 0.197 e. The van der Waals surface area contributed by atoms with Crippen LogP contribution in [-0.4, -0.2) is 5.78 Å². The van der Waals surface area contributed by atoms with Crippen molar-refractivity contribution < 1.29 is 4.79 Å². The fourth-order valence-electron chi connectivity index (χ4n) is 1.57. The van der Waals surface area contributed by atoms with E-state index in [-0.39, 0.29) is 21.4 Å². The van der Waals surface area contributed by atoms with Gasteiger partial charge in [-0.3, -0.25) is 4.79 Å². The Morgan fingerprint density at radius 1 is 0.895 bits per heavy atom. The number of carbonyl (C=O) groups is 1. The van der Waals surface area contributed by atoms with E-state index >= 15 is 0 Å². The molecular formula is C13H5BrCl4O. The highest BCUT2D eigenvalue weighted by Gasteiger charge is 2.19. The molecule has 2 rings (SSSR count). The van der Waals surface area contributed by atoms with E-state index in [4.69, 9.17) is 46.4 Å². The van der Waals surface area contributed by atoms with Gasteiger partial charge in [0.15, 0.2) is 5.78 Å². The molecule has 6 heteroatoms. The molecule has 0 aliphatic carbocycles. The van der Waals surface area contributed by atoms with E-state index in [2.05, 4.69) is 15.9 Å². The SMILES string of the molecule is O=C(c1ccc(Cl)cc1Br)c1c(Cl)cc(Cl)cc1Cl. The number of carbonyl (C=O) groups excluding carboxylic acids is 1. The predicted octanol–water partition coefficient (Wildman–Crippen LogP) is 6.29. The van der Waals surface area contributed by atoms with E-state index in [9.17, 15) is 4.79 Å². The standard InChI is InChI=1S/C13H5BrCl4O/c14-9-3-6(15)1-2-8(9)13(19)12-10(17)4-7(16)5-11(12)18/h1-5H. The Balaban J connectivity index is 2.56. The lowest BCUT2D eigenvalue weighted by molar-refractivity contribution is 0.103. The van der Waals surface area contributed by atoms with Crippen LogP contribution in [0.3, 0.4) is 0 Å². The molecule has 2 aromatic rings. The van der Waals surface area contributed by atoms with Crippen LogP contribution < -0.4 is 0 Å². The third kappa shape index (κ3) is 3.26. The second-order valence-electron chi connectivity index (χ2n) is 3.70. The number of hydrogen-bond donors (Lipinski definition) is 0. The number of halogens is 5. The van der Waals surface area contributed by atoms with Gasteiger partial charge in [0, 0.05) is 20.1 Å². The van der Waals surface area contributed by atoms with Gasteiger partial charge in [0.2, 0.25) is 0 Å². The van der Waals surface area contributed by atoms with Crippen LogP contribution in [0.15, 0.2) is 34.8 Å². The van der Waals surface area contributed by atoms with Gasteiger partial charge >= 0.3 is 0 Å². The zero-order valence-corrected chi connectivity index (χ0v) is 13.8. The van der Waals surface area contributed by atoms with Gasteiger partial charge in [0.05, 0.1) is 15.6 Å². The second-order valence-corrected chi connectivity index (χ2v) is 6.24. The molecule has 0 saturated heterocycles. The van der Waals surface area contributed by atoms with Crippen LogP contribution in [0.25, 0.3) is 0 Å². The molecule has 98 valence electrons. The maximum Gasteiger partial charge on any atom is 0.197 e. The first-order valence-corrected chi connectivity index (χ1v) is 7.35. The van der Waals surface area contributed by atoms with Crippen molar-refractivity contribution in [1.82, 2.24) is 0 Å². The molecule has 0 aliphatic rings. The van der Waals surface area contributed by atoms with Crippen LogP contribution in [0.2, 0.25) is 20.1 Å². The van der Waals surface area contributed by atoms with Gasteiger partial charge in [0.25, 0.3) is 0 Å². The van der Waals surface area contributed by atoms with Gasteiger partial charge in [-0.05, 0) is 46.3 Å². The largest absolute Gasteiger partial charge is 0.288 e. The predicted molar refractivity (Wildman–Crippen MR) is 84.1 cm³/mol. The first kappa shape index (κ1) is 15.1. The van der Waals surface area contributed by atoms with Crippen molar-refractivity contribution in [1.29, 1.82) is 0 Å². The Hall–Kier alpha value is -0.250. The molecule has 0 amide bonds. The molecule has 0 spiro atoms. The van der Waals surface area contributed by atoms with Crippen LogP contribution >= 0.6 is 62.3 Å². The zero-order chi connectivity index (χ0) is 14.2. The summed E-state index contributed by atoms with van der Waals surface area (Å²) in [4.78, 5) is 12.4. The van der Waals surface area contributed by atoms with Crippen molar-refractivity contribution >= 4 is 68.1 Å². The Labute approximate surface area is 138 Å². The average Bonchev–Trinajstić information content (AvgIpc) is 2.26. The molecule has 0 bridgehead atoms. The van der Waals surface area contributed by atoms with Crippen LogP contribution in [0.5, 0.6) is 0 Å². The first-order chi connectivity index (χ1) is 8.90. The highest BCUT2D eigenvalue weighted by Crippen LogP contribution is 2.33. The van der Waals surface area contributed by atoms with Gasteiger partial charge in [-0.1, -0.05) is 46.4 Å². The summed E-state index contributed by atoms with van der Waals surface area (Å²) in [5.74, 6) is -0.296. The van der Waals surface area contributed by atoms with Crippen molar-refractivity contribution in [3.05, 3.63) is 66.0 Å². The number of benzene rings is 2. The van der Waals surface area contributed by atoms with Crippen molar-refractivity contribution in [2.75, 3.05) is 0 Å². The molecule has 0 aromatic heterocycles. The first-order valence-electron chi connectivity index (χ1n) is 5.04. The summed E-state index contributed by atoms with van der Waals surface area (Å²) in [5, 5.41) is 1.33. The van der Waals surface area contributed by atoms with E-state index < -0.39 is 0 Å². The Bertz CT molecular complexity index is 647. The number of ketones is 1. The Morgan fingerprint density at radius 3 is 2.00 bits per heavy atom. The molecule has 0 heterocycles. The molecule has 19 heavy (non-hydrogen) atoms. The number of rotatable bonds is 2. The molecule has 1 nitrogen and oxygen atoms in total. The monoisotopic (exact) mass is 396 g/mol. The third-order valence-corrected chi connectivity index (χ3v) is 4.12.